The molecule has 0 radical (unpaired) electrons. The molecule has 1 saturated heterocycles. The van der Waals surface area contributed by atoms with Crippen LogP contribution in [-0.4, -0.2) is 49.8 Å². The molecule has 1 N–H and O–H groups in total. The van der Waals surface area contributed by atoms with Crippen molar-refractivity contribution >= 4 is 33.5 Å². The Balaban J connectivity index is 1.69. The van der Waals surface area contributed by atoms with Gasteiger partial charge in [-0.1, -0.05) is 37.8 Å². The first-order valence-electron chi connectivity index (χ1n) is 11.0. The van der Waals surface area contributed by atoms with E-state index in [-0.39, 0.29) is 33.3 Å². The third-order valence-corrected chi connectivity index (χ3v) is 8.36. The summed E-state index contributed by atoms with van der Waals surface area (Å²) in [7, 11) is -3.83. The smallest absolute Gasteiger partial charge is 0.338 e. The van der Waals surface area contributed by atoms with Gasteiger partial charge in [-0.05, 0) is 56.7 Å². The molecule has 0 bridgehead atoms. The predicted molar refractivity (Wildman–Crippen MR) is 119 cm³/mol. The Morgan fingerprint density at radius 2 is 1.87 bits per heavy atom. The summed E-state index contributed by atoms with van der Waals surface area (Å²) in [4.78, 5) is 24.9. The second kappa shape index (κ2) is 10.3. The molecule has 1 aliphatic heterocycles. The van der Waals surface area contributed by atoms with E-state index in [1.165, 1.54) is 35.8 Å². The zero-order valence-corrected chi connectivity index (χ0v) is 19.7. The summed E-state index contributed by atoms with van der Waals surface area (Å²) < 4.78 is 32.9. The molecule has 0 aromatic heterocycles. The van der Waals surface area contributed by atoms with Gasteiger partial charge in [-0.25, -0.2) is 13.2 Å². The molecule has 2 aliphatic rings. The summed E-state index contributed by atoms with van der Waals surface area (Å²) in [6.07, 6.45) is 5.98. The molecule has 1 aromatic rings. The minimum atomic E-state index is -3.83. The summed E-state index contributed by atoms with van der Waals surface area (Å²) in [6.45, 7) is 4.37. The quantitative estimate of drug-likeness (QED) is 0.639. The van der Waals surface area contributed by atoms with Gasteiger partial charge in [0.1, 0.15) is 4.90 Å². The number of amides is 1. The van der Waals surface area contributed by atoms with E-state index in [4.69, 9.17) is 16.3 Å². The Bertz CT molecular complexity index is 914. The highest BCUT2D eigenvalue weighted by atomic mass is 35.5. The SMILES string of the molecule is CC1CCCN(S(=O)(=O)c2cc(C(=O)OC(C)C(=O)NC3CCCCC3)ccc2Cl)C1. The number of benzene rings is 1. The average molecular weight is 471 g/mol. The zero-order valence-electron chi connectivity index (χ0n) is 18.1. The summed E-state index contributed by atoms with van der Waals surface area (Å²) in [5.74, 6) is -0.838. The fraction of sp³-hybridized carbons (Fsp3) is 0.636. The van der Waals surface area contributed by atoms with Crippen molar-refractivity contribution in [3.05, 3.63) is 28.8 Å². The highest BCUT2D eigenvalue weighted by Gasteiger charge is 2.31. The molecule has 2 fully saturated rings. The summed E-state index contributed by atoms with van der Waals surface area (Å²) in [5.41, 5.74) is 0.0466. The molecule has 2 atom stereocenters. The molecule has 31 heavy (non-hydrogen) atoms. The van der Waals surface area contributed by atoms with Crippen LogP contribution in [0.15, 0.2) is 23.1 Å². The monoisotopic (exact) mass is 470 g/mol. The van der Waals surface area contributed by atoms with Gasteiger partial charge in [-0.15, -0.1) is 0 Å². The topological polar surface area (TPSA) is 92.8 Å². The number of carbonyl (C=O) groups is 2. The number of halogens is 1. The van der Waals surface area contributed by atoms with E-state index in [0.717, 1.165) is 38.5 Å². The molecule has 1 heterocycles. The first-order valence-corrected chi connectivity index (χ1v) is 12.8. The lowest BCUT2D eigenvalue weighted by Crippen LogP contribution is -2.42. The molecule has 1 amide bonds. The molecule has 1 saturated carbocycles. The van der Waals surface area contributed by atoms with Crippen molar-refractivity contribution in [3.8, 4) is 0 Å². The number of piperidine rings is 1. The van der Waals surface area contributed by atoms with Crippen molar-refractivity contribution in [2.75, 3.05) is 13.1 Å². The van der Waals surface area contributed by atoms with Crippen LogP contribution < -0.4 is 5.32 Å². The number of nitrogens with zero attached hydrogens (tertiary/aromatic N) is 1. The maximum atomic E-state index is 13.1. The lowest BCUT2D eigenvalue weighted by molar-refractivity contribution is -0.130. The fourth-order valence-electron chi connectivity index (χ4n) is 4.18. The van der Waals surface area contributed by atoms with Crippen LogP contribution in [0.5, 0.6) is 0 Å². The molecule has 1 aliphatic carbocycles. The molecule has 2 unspecified atom stereocenters. The van der Waals surface area contributed by atoms with Crippen LogP contribution in [0.4, 0.5) is 0 Å². The zero-order chi connectivity index (χ0) is 22.6. The predicted octanol–water partition coefficient (Wildman–Crippen LogP) is 3.75. The van der Waals surface area contributed by atoms with Gasteiger partial charge in [-0.3, -0.25) is 4.79 Å². The van der Waals surface area contributed by atoms with E-state index < -0.39 is 22.1 Å². The standard InChI is InChI=1S/C22H31ClN2O5S/c1-15-7-6-12-25(14-15)31(28,29)20-13-17(10-11-19(20)23)22(27)30-16(2)21(26)24-18-8-4-3-5-9-18/h10-11,13,15-16,18H,3-9,12,14H2,1-2H3,(H,24,26). The molecule has 172 valence electrons. The molecule has 3 rings (SSSR count). The summed E-state index contributed by atoms with van der Waals surface area (Å²) in [6, 6.07) is 4.14. The van der Waals surface area contributed by atoms with Gasteiger partial charge >= 0.3 is 5.97 Å². The molecular formula is C22H31ClN2O5S. The number of hydrogen-bond donors (Lipinski definition) is 1. The highest BCUT2D eigenvalue weighted by molar-refractivity contribution is 7.89. The van der Waals surface area contributed by atoms with Gasteiger partial charge < -0.3 is 10.1 Å². The average Bonchev–Trinajstić information content (AvgIpc) is 2.74. The fourth-order valence-corrected chi connectivity index (χ4v) is 6.28. The number of esters is 1. The Labute approximate surface area is 189 Å². The maximum Gasteiger partial charge on any atom is 0.338 e. The summed E-state index contributed by atoms with van der Waals surface area (Å²) in [5, 5.41) is 2.98. The van der Waals surface area contributed by atoms with E-state index in [1.54, 1.807) is 0 Å². The Hall–Kier alpha value is -1.64. The third kappa shape index (κ3) is 5.99. The van der Waals surface area contributed by atoms with Crippen molar-refractivity contribution in [1.29, 1.82) is 0 Å². The number of ether oxygens (including phenoxy) is 1. The van der Waals surface area contributed by atoms with Crippen LogP contribution in [0.25, 0.3) is 0 Å². The molecule has 7 nitrogen and oxygen atoms in total. The number of carbonyl (C=O) groups excluding carboxylic acids is 2. The number of rotatable bonds is 6. The van der Waals surface area contributed by atoms with E-state index in [0.29, 0.717) is 13.1 Å². The first-order chi connectivity index (χ1) is 14.7. The maximum absolute atomic E-state index is 13.1. The van der Waals surface area contributed by atoms with Crippen LogP contribution in [0.3, 0.4) is 0 Å². The minimum Gasteiger partial charge on any atom is -0.449 e. The Morgan fingerprint density at radius 1 is 1.16 bits per heavy atom. The van der Waals surface area contributed by atoms with Gasteiger partial charge in [0, 0.05) is 19.1 Å². The first kappa shape index (κ1) is 24.0. The van der Waals surface area contributed by atoms with Crippen LogP contribution in [-0.2, 0) is 19.6 Å². The second-order valence-electron chi connectivity index (χ2n) is 8.65. The van der Waals surface area contributed by atoms with Crippen molar-refractivity contribution in [1.82, 2.24) is 9.62 Å². The lowest BCUT2D eigenvalue weighted by atomic mass is 9.95. The molecule has 1 aromatic carbocycles. The minimum absolute atomic E-state index is 0.0466. The third-order valence-electron chi connectivity index (χ3n) is 6.01. The van der Waals surface area contributed by atoms with Crippen LogP contribution >= 0.6 is 11.6 Å². The largest absolute Gasteiger partial charge is 0.449 e. The Morgan fingerprint density at radius 3 is 2.55 bits per heavy atom. The normalized spacial score (nSPS) is 22.0. The van der Waals surface area contributed by atoms with E-state index in [1.807, 2.05) is 6.92 Å². The van der Waals surface area contributed by atoms with Crippen molar-refractivity contribution in [2.24, 2.45) is 5.92 Å². The second-order valence-corrected chi connectivity index (χ2v) is 11.0. The number of sulfonamides is 1. The van der Waals surface area contributed by atoms with Crippen LogP contribution in [0, 0.1) is 5.92 Å². The van der Waals surface area contributed by atoms with Gasteiger partial charge in [0.25, 0.3) is 5.91 Å². The highest BCUT2D eigenvalue weighted by Crippen LogP contribution is 2.29. The number of hydrogen-bond acceptors (Lipinski definition) is 5. The van der Waals surface area contributed by atoms with Crippen LogP contribution in [0.1, 0.15) is 69.2 Å². The van der Waals surface area contributed by atoms with Gasteiger partial charge in [-0.2, -0.15) is 4.31 Å². The van der Waals surface area contributed by atoms with Gasteiger partial charge in [0.15, 0.2) is 6.10 Å². The van der Waals surface area contributed by atoms with E-state index in [9.17, 15) is 18.0 Å². The van der Waals surface area contributed by atoms with Gasteiger partial charge in [0.05, 0.1) is 10.6 Å². The molecular weight excluding hydrogens is 440 g/mol. The van der Waals surface area contributed by atoms with Gasteiger partial charge in [0.2, 0.25) is 10.0 Å². The lowest BCUT2D eigenvalue weighted by Gasteiger charge is -2.30. The van der Waals surface area contributed by atoms with E-state index >= 15 is 0 Å². The molecule has 9 heteroatoms. The Kier molecular flexibility index (Phi) is 7.99. The molecule has 0 spiro atoms. The van der Waals surface area contributed by atoms with E-state index in [2.05, 4.69) is 5.32 Å². The van der Waals surface area contributed by atoms with Crippen LogP contribution in [0.2, 0.25) is 5.02 Å². The number of nitrogens with one attached hydrogen (secondary N) is 1. The van der Waals surface area contributed by atoms with Crippen molar-refractivity contribution in [3.63, 3.8) is 0 Å². The summed E-state index contributed by atoms with van der Waals surface area (Å²) >= 11 is 6.18. The van der Waals surface area contributed by atoms with Crippen molar-refractivity contribution in [2.45, 2.75) is 75.8 Å². The van der Waals surface area contributed by atoms with Crippen molar-refractivity contribution < 1.29 is 22.7 Å².